The van der Waals surface area contributed by atoms with E-state index in [1.165, 1.54) is 24.3 Å². The number of rotatable bonds is 2. The van der Waals surface area contributed by atoms with Gasteiger partial charge in [-0.25, -0.2) is 0 Å². The van der Waals surface area contributed by atoms with Crippen LogP contribution in [0.25, 0.3) is 0 Å². The van der Waals surface area contributed by atoms with Gasteiger partial charge in [0.1, 0.15) is 0 Å². The van der Waals surface area contributed by atoms with Crippen molar-refractivity contribution < 1.29 is 14.8 Å². The first kappa shape index (κ1) is 15.0. The Morgan fingerprint density at radius 1 is 1.27 bits per heavy atom. The lowest BCUT2D eigenvalue weighted by Gasteiger charge is -2.47. The Balaban J connectivity index is 1.71. The van der Waals surface area contributed by atoms with E-state index in [-0.39, 0.29) is 17.5 Å². The molecule has 1 aromatic rings. The molecular weight excluding hydrogens is 284 g/mol. The number of piperidine rings is 1. The van der Waals surface area contributed by atoms with Crippen LogP contribution < -0.4 is 0 Å². The number of non-ortho nitro benzene ring substituents is 1. The van der Waals surface area contributed by atoms with E-state index in [1.807, 2.05) is 0 Å². The Labute approximate surface area is 128 Å². The minimum Gasteiger partial charge on any atom is -0.389 e. The van der Waals surface area contributed by atoms with Crippen molar-refractivity contribution in [3.63, 3.8) is 0 Å². The van der Waals surface area contributed by atoms with Gasteiger partial charge in [0.25, 0.3) is 11.6 Å². The van der Waals surface area contributed by atoms with Crippen LogP contribution >= 0.6 is 0 Å². The van der Waals surface area contributed by atoms with Crippen molar-refractivity contribution in [1.82, 2.24) is 4.90 Å². The number of benzene rings is 1. The van der Waals surface area contributed by atoms with Crippen LogP contribution in [0.1, 0.15) is 42.5 Å². The number of aliphatic hydroxyl groups is 1. The van der Waals surface area contributed by atoms with Crippen LogP contribution in [0.5, 0.6) is 0 Å². The second-order valence-corrected chi connectivity index (χ2v) is 6.35. The lowest BCUT2D eigenvalue weighted by atomic mass is 9.71. The zero-order valence-electron chi connectivity index (χ0n) is 12.4. The number of nitrogens with zero attached hydrogens (tertiary/aromatic N) is 2. The number of carbonyl (C=O) groups is 1. The van der Waals surface area contributed by atoms with Crippen molar-refractivity contribution in [2.75, 3.05) is 13.1 Å². The van der Waals surface area contributed by atoms with Crippen LogP contribution in [-0.4, -0.2) is 39.5 Å². The normalized spacial score (nSPS) is 28.0. The SMILES string of the molecule is O=C(c1ccc([N+](=O)[O-])cc1)N1CC[C@]2(O)CCCC[C@@H]2C1. The number of amides is 1. The minimum atomic E-state index is -0.607. The number of hydrogen-bond acceptors (Lipinski definition) is 4. The van der Waals surface area contributed by atoms with Crippen LogP contribution in [0.3, 0.4) is 0 Å². The van der Waals surface area contributed by atoms with Crippen molar-refractivity contribution in [2.24, 2.45) is 5.92 Å². The molecule has 2 fully saturated rings. The molecule has 1 aliphatic heterocycles. The highest BCUT2D eigenvalue weighted by Crippen LogP contribution is 2.40. The lowest BCUT2D eigenvalue weighted by molar-refractivity contribution is -0.384. The van der Waals surface area contributed by atoms with E-state index in [4.69, 9.17) is 0 Å². The Bertz CT molecular complexity index is 586. The molecule has 2 atom stereocenters. The Hall–Kier alpha value is -1.95. The topological polar surface area (TPSA) is 83.7 Å². The third-order valence-electron chi connectivity index (χ3n) is 5.04. The zero-order chi connectivity index (χ0) is 15.7. The average molecular weight is 304 g/mol. The monoisotopic (exact) mass is 304 g/mol. The van der Waals surface area contributed by atoms with Gasteiger partial charge in [-0.2, -0.15) is 0 Å². The number of likely N-dealkylation sites (tertiary alicyclic amines) is 1. The molecule has 0 bridgehead atoms. The third-order valence-corrected chi connectivity index (χ3v) is 5.04. The van der Waals surface area contributed by atoms with Crippen molar-refractivity contribution in [3.05, 3.63) is 39.9 Å². The summed E-state index contributed by atoms with van der Waals surface area (Å²) in [6.07, 6.45) is 4.57. The van der Waals surface area contributed by atoms with Crippen LogP contribution in [0.2, 0.25) is 0 Å². The number of carbonyl (C=O) groups excluding carboxylic acids is 1. The second-order valence-electron chi connectivity index (χ2n) is 6.35. The molecule has 0 unspecified atom stereocenters. The molecule has 6 nitrogen and oxygen atoms in total. The van der Waals surface area contributed by atoms with E-state index in [2.05, 4.69) is 0 Å². The van der Waals surface area contributed by atoms with E-state index in [0.29, 0.717) is 25.1 Å². The first-order chi connectivity index (χ1) is 10.5. The van der Waals surface area contributed by atoms with Gasteiger partial charge in [0.2, 0.25) is 0 Å². The molecule has 1 saturated carbocycles. The molecule has 0 aromatic heterocycles. The Morgan fingerprint density at radius 2 is 2.00 bits per heavy atom. The highest BCUT2D eigenvalue weighted by atomic mass is 16.6. The fourth-order valence-corrected chi connectivity index (χ4v) is 3.66. The van der Waals surface area contributed by atoms with Crippen molar-refractivity contribution in [1.29, 1.82) is 0 Å². The van der Waals surface area contributed by atoms with Crippen LogP contribution in [0, 0.1) is 16.0 Å². The fraction of sp³-hybridized carbons (Fsp3) is 0.562. The summed E-state index contributed by atoms with van der Waals surface area (Å²) in [6, 6.07) is 5.71. The van der Waals surface area contributed by atoms with Gasteiger partial charge < -0.3 is 10.0 Å². The summed E-state index contributed by atoms with van der Waals surface area (Å²) in [4.78, 5) is 24.5. The molecular formula is C16H20N2O4. The minimum absolute atomic E-state index is 0.0168. The molecule has 2 aliphatic rings. The standard InChI is InChI=1S/C16H20N2O4/c19-15(12-4-6-14(7-5-12)18(21)22)17-10-9-16(20)8-2-1-3-13(16)11-17/h4-7,13,20H,1-3,8-11H2/t13-,16-/m1/s1. The van der Waals surface area contributed by atoms with Crippen LogP contribution in [0.15, 0.2) is 24.3 Å². The third kappa shape index (κ3) is 2.70. The molecule has 118 valence electrons. The van der Waals surface area contributed by atoms with Gasteiger partial charge in [-0.05, 0) is 31.4 Å². The number of hydrogen-bond donors (Lipinski definition) is 1. The van der Waals surface area contributed by atoms with Gasteiger partial charge in [-0.1, -0.05) is 12.8 Å². The van der Waals surface area contributed by atoms with Gasteiger partial charge in [0.05, 0.1) is 10.5 Å². The van der Waals surface area contributed by atoms with E-state index in [1.54, 1.807) is 4.90 Å². The molecule has 1 aliphatic carbocycles. The summed E-state index contributed by atoms with van der Waals surface area (Å²) in [5.41, 5.74) is -0.159. The molecule has 1 saturated heterocycles. The van der Waals surface area contributed by atoms with Crippen LogP contribution in [0.4, 0.5) is 5.69 Å². The molecule has 6 heteroatoms. The lowest BCUT2D eigenvalue weighted by Crippen LogP contribution is -2.54. The van der Waals surface area contributed by atoms with E-state index < -0.39 is 10.5 Å². The van der Waals surface area contributed by atoms with Gasteiger partial charge in [0.15, 0.2) is 0 Å². The van der Waals surface area contributed by atoms with Crippen LogP contribution in [-0.2, 0) is 0 Å². The van der Waals surface area contributed by atoms with Crippen molar-refractivity contribution in [3.8, 4) is 0 Å². The molecule has 1 amide bonds. The first-order valence-electron chi connectivity index (χ1n) is 7.76. The summed E-state index contributed by atoms with van der Waals surface area (Å²) in [5, 5.41) is 21.3. The molecule has 1 N–H and O–H groups in total. The van der Waals surface area contributed by atoms with Gasteiger partial charge in [-0.15, -0.1) is 0 Å². The molecule has 0 spiro atoms. The van der Waals surface area contributed by atoms with E-state index >= 15 is 0 Å². The molecule has 1 aromatic carbocycles. The highest BCUT2D eigenvalue weighted by molar-refractivity contribution is 5.94. The van der Waals surface area contributed by atoms with Crippen molar-refractivity contribution in [2.45, 2.75) is 37.7 Å². The van der Waals surface area contributed by atoms with Crippen molar-refractivity contribution >= 4 is 11.6 Å². The van der Waals surface area contributed by atoms with E-state index in [0.717, 1.165) is 25.7 Å². The predicted molar refractivity (Wildman–Crippen MR) is 80.5 cm³/mol. The summed E-state index contributed by atoms with van der Waals surface area (Å²) in [6.45, 7) is 1.12. The molecule has 0 radical (unpaired) electrons. The number of nitro groups is 1. The smallest absolute Gasteiger partial charge is 0.269 e. The molecule has 22 heavy (non-hydrogen) atoms. The summed E-state index contributed by atoms with van der Waals surface area (Å²) < 4.78 is 0. The largest absolute Gasteiger partial charge is 0.389 e. The Kier molecular flexibility index (Phi) is 3.87. The number of nitro benzene ring substituents is 1. The molecule has 3 rings (SSSR count). The Morgan fingerprint density at radius 3 is 2.68 bits per heavy atom. The van der Waals surface area contributed by atoms with E-state index in [9.17, 15) is 20.0 Å². The summed E-state index contributed by atoms with van der Waals surface area (Å²) in [7, 11) is 0. The maximum absolute atomic E-state index is 12.5. The fourth-order valence-electron chi connectivity index (χ4n) is 3.66. The first-order valence-corrected chi connectivity index (χ1v) is 7.76. The molecule has 1 heterocycles. The maximum Gasteiger partial charge on any atom is 0.269 e. The zero-order valence-corrected chi connectivity index (χ0v) is 12.4. The predicted octanol–water partition coefficient (Wildman–Crippen LogP) is 2.36. The summed E-state index contributed by atoms with van der Waals surface area (Å²) in [5.74, 6) is 0.0412. The van der Waals surface area contributed by atoms with Gasteiger partial charge in [0, 0.05) is 36.7 Å². The van der Waals surface area contributed by atoms with Gasteiger partial charge in [-0.3, -0.25) is 14.9 Å². The quantitative estimate of drug-likeness (QED) is 0.671. The second kappa shape index (κ2) is 5.68. The number of fused-ring (bicyclic) bond motifs is 1. The maximum atomic E-state index is 12.5. The average Bonchev–Trinajstić information content (AvgIpc) is 2.53. The van der Waals surface area contributed by atoms with Gasteiger partial charge >= 0.3 is 0 Å². The summed E-state index contributed by atoms with van der Waals surface area (Å²) >= 11 is 0. The highest BCUT2D eigenvalue weighted by Gasteiger charge is 2.43.